The van der Waals surface area contributed by atoms with E-state index < -0.39 is 0 Å². The molecule has 5 heteroatoms. The largest absolute Gasteiger partial charge is 0.274 e. The van der Waals surface area contributed by atoms with Crippen LogP contribution in [0.2, 0.25) is 0 Å². The van der Waals surface area contributed by atoms with Crippen molar-refractivity contribution >= 4 is 22.1 Å². The second-order valence-corrected chi connectivity index (χ2v) is 5.26. The van der Waals surface area contributed by atoms with E-state index in [9.17, 15) is 4.79 Å². The summed E-state index contributed by atoms with van der Waals surface area (Å²) >= 11 is 1.59. The van der Waals surface area contributed by atoms with Crippen LogP contribution in [0.25, 0.3) is 21.3 Å². The van der Waals surface area contributed by atoms with Gasteiger partial charge in [0.1, 0.15) is 5.69 Å². The van der Waals surface area contributed by atoms with E-state index in [2.05, 4.69) is 5.10 Å². The summed E-state index contributed by atoms with van der Waals surface area (Å²) in [6.07, 6.45) is 0.273. The van der Waals surface area contributed by atoms with Crippen LogP contribution in [-0.4, -0.2) is 9.78 Å². The van der Waals surface area contributed by atoms with E-state index in [1.54, 1.807) is 17.4 Å². The molecular formula is C15H11N3OS. The maximum atomic E-state index is 12.4. The van der Waals surface area contributed by atoms with Crippen LogP contribution in [-0.2, 0) is 6.54 Å². The van der Waals surface area contributed by atoms with Crippen LogP contribution in [0, 0.1) is 11.3 Å². The highest BCUT2D eigenvalue weighted by molar-refractivity contribution is 7.13. The van der Waals surface area contributed by atoms with Gasteiger partial charge in [0.25, 0.3) is 5.56 Å². The molecule has 0 fully saturated rings. The van der Waals surface area contributed by atoms with E-state index in [0.29, 0.717) is 11.9 Å². The first kappa shape index (κ1) is 12.6. The summed E-state index contributed by atoms with van der Waals surface area (Å²) in [6.45, 7) is 0.318. The van der Waals surface area contributed by atoms with Crippen LogP contribution in [0.1, 0.15) is 6.42 Å². The Hall–Kier alpha value is -2.45. The minimum atomic E-state index is -0.142. The summed E-state index contributed by atoms with van der Waals surface area (Å²) in [6, 6.07) is 13.5. The summed E-state index contributed by atoms with van der Waals surface area (Å²) in [5.74, 6) is 0. The maximum absolute atomic E-state index is 12.4. The molecule has 0 amide bonds. The van der Waals surface area contributed by atoms with Crippen molar-refractivity contribution in [2.75, 3.05) is 0 Å². The Morgan fingerprint density at radius 3 is 2.70 bits per heavy atom. The normalized spacial score (nSPS) is 10.6. The molecule has 0 spiro atoms. The molecule has 1 aromatic carbocycles. The van der Waals surface area contributed by atoms with Gasteiger partial charge in [0.2, 0.25) is 0 Å². The number of aryl methyl sites for hydroxylation is 1. The SMILES string of the molecule is N#CCCn1nc(-c2cccs2)c2ccccc2c1=O. The Bertz CT molecular complexity index is 844. The Morgan fingerprint density at radius 2 is 2.00 bits per heavy atom. The van der Waals surface area contributed by atoms with Crippen molar-refractivity contribution in [3.8, 4) is 16.6 Å². The molecule has 0 aliphatic rings. The van der Waals surface area contributed by atoms with E-state index in [0.717, 1.165) is 16.0 Å². The van der Waals surface area contributed by atoms with Crippen LogP contribution in [0.3, 0.4) is 0 Å². The van der Waals surface area contributed by atoms with Gasteiger partial charge in [-0.1, -0.05) is 24.3 Å². The van der Waals surface area contributed by atoms with Crippen molar-refractivity contribution in [3.05, 3.63) is 52.1 Å². The molecule has 4 nitrogen and oxygen atoms in total. The summed E-state index contributed by atoms with van der Waals surface area (Å²) in [5, 5.41) is 16.6. The van der Waals surface area contributed by atoms with Crippen LogP contribution < -0.4 is 5.56 Å². The quantitative estimate of drug-likeness (QED) is 0.741. The molecule has 2 heterocycles. The number of hydrogen-bond acceptors (Lipinski definition) is 4. The number of nitriles is 1. The number of thiophene rings is 1. The third kappa shape index (κ3) is 2.10. The number of rotatable bonds is 3. The number of aromatic nitrogens is 2. The average molecular weight is 281 g/mol. The lowest BCUT2D eigenvalue weighted by Gasteiger charge is -2.08. The van der Waals surface area contributed by atoms with Gasteiger partial charge in [0, 0.05) is 5.39 Å². The molecular weight excluding hydrogens is 270 g/mol. The fourth-order valence-electron chi connectivity index (χ4n) is 2.14. The minimum absolute atomic E-state index is 0.142. The summed E-state index contributed by atoms with van der Waals surface area (Å²) in [5.41, 5.74) is 0.657. The van der Waals surface area contributed by atoms with Gasteiger partial charge in [0.05, 0.1) is 29.3 Å². The van der Waals surface area contributed by atoms with Crippen molar-refractivity contribution in [1.82, 2.24) is 9.78 Å². The zero-order chi connectivity index (χ0) is 13.9. The van der Waals surface area contributed by atoms with Gasteiger partial charge < -0.3 is 0 Å². The number of hydrogen-bond donors (Lipinski definition) is 0. The highest BCUT2D eigenvalue weighted by Crippen LogP contribution is 2.28. The van der Waals surface area contributed by atoms with Gasteiger partial charge in [-0.3, -0.25) is 4.79 Å². The predicted octanol–water partition coefficient (Wildman–Crippen LogP) is 3.04. The monoisotopic (exact) mass is 281 g/mol. The molecule has 98 valence electrons. The third-order valence-electron chi connectivity index (χ3n) is 3.06. The first-order chi connectivity index (χ1) is 9.81. The standard InChI is InChI=1S/C15H11N3OS/c16-8-4-9-18-15(19)12-6-2-1-5-11(12)14(17-18)13-7-3-10-20-13/h1-3,5-7,10H,4,9H2. The van der Waals surface area contributed by atoms with Gasteiger partial charge >= 0.3 is 0 Å². The fourth-order valence-corrected chi connectivity index (χ4v) is 2.86. The second-order valence-electron chi connectivity index (χ2n) is 4.31. The lowest BCUT2D eigenvalue weighted by atomic mass is 10.1. The highest BCUT2D eigenvalue weighted by Gasteiger charge is 2.12. The summed E-state index contributed by atoms with van der Waals surface area (Å²) in [4.78, 5) is 13.4. The van der Waals surface area contributed by atoms with E-state index in [1.165, 1.54) is 4.68 Å². The molecule has 3 rings (SSSR count). The van der Waals surface area contributed by atoms with E-state index in [4.69, 9.17) is 5.26 Å². The molecule has 0 aliphatic carbocycles. The van der Waals surface area contributed by atoms with Crippen molar-refractivity contribution in [2.24, 2.45) is 0 Å². The summed E-state index contributed by atoms with van der Waals surface area (Å²) < 4.78 is 1.39. The van der Waals surface area contributed by atoms with Crippen molar-refractivity contribution in [2.45, 2.75) is 13.0 Å². The zero-order valence-corrected chi connectivity index (χ0v) is 11.4. The molecule has 0 saturated carbocycles. The highest BCUT2D eigenvalue weighted by atomic mass is 32.1. The molecule has 0 saturated heterocycles. The number of fused-ring (bicyclic) bond motifs is 1. The molecule has 2 aromatic heterocycles. The molecule has 20 heavy (non-hydrogen) atoms. The van der Waals surface area contributed by atoms with Crippen LogP contribution >= 0.6 is 11.3 Å². The first-order valence-electron chi connectivity index (χ1n) is 6.22. The molecule has 0 unspecified atom stereocenters. The molecule has 0 bridgehead atoms. The number of benzene rings is 1. The van der Waals surface area contributed by atoms with Crippen LogP contribution in [0.15, 0.2) is 46.6 Å². The lowest BCUT2D eigenvalue weighted by molar-refractivity contribution is 0.598. The van der Waals surface area contributed by atoms with Gasteiger partial charge in [-0.2, -0.15) is 10.4 Å². The predicted molar refractivity (Wildman–Crippen MR) is 79.5 cm³/mol. The number of nitrogens with zero attached hydrogens (tertiary/aromatic N) is 3. The molecule has 3 aromatic rings. The van der Waals surface area contributed by atoms with Crippen molar-refractivity contribution < 1.29 is 0 Å². The van der Waals surface area contributed by atoms with Gasteiger partial charge in [0.15, 0.2) is 0 Å². The fraction of sp³-hybridized carbons (Fsp3) is 0.133. The topological polar surface area (TPSA) is 58.7 Å². The minimum Gasteiger partial charge on any atom is -0.267 e. The Labute approximate surface area is 119 Å². The Balaban J connectivity index is 2.31. The Morgan fingerprint density at radius 1 is 1.20 bits per heavy atom. The molecule has 0 aliphatic heterocycles. The second kappa shape index (κ2) is 5.27. The third-order valence-corrected chi connectivity index (χ3v) is 3.93. The average Bonchev–Trinajstić information content (AvgIpc) is 3.01. The van der Waals surface area contributed by atoms with Crippen LogP contribution in [0.4, 0.5) is 0 Å². The maximum Gasteiger partial charge on any atom is 0.274 e. The van der Waals surface area contributed by atoms with E-state index >= 15 is 0 Å². The zero-order valence-electron chi connectivity index (χ0n) is 10.6. The van der Waals surface area contributed by atoms with E-state index in [1.807, 2.05) is 41.8 Å². The van der Waals surface area contributed by atoms with Crippen molar-refractivity contribution in [3.63, 3.8) is 0 Å². The molecule has 0 atom stereocenters. The van der Waals surface area contributed by atoms with Gasteiger partial charge in [-0.05, 0) is 17.5 Å². The van der Waals surface area contributed by atoms with E-state index in [-0.39, 0.29) is 12.0 Å². The molecule has 0 radical (unpaired) electrons. The van der Waals surface area contributed by atoms with Gasteiger partial charge in [-0.15, -0.1) is 11.3 Å². The lowest BCUT2D eigenvalue weighted by Crippen LogP contribution is -2.23. The smallest absolute Gasteiger partial charge is 0.267 e. The molecule has 0 N–H and O–H groups in total. The van der Waals surface area contributed by atoms with Crippen molar-refractivity contribution in [1.29, 1.82) is 5.26 Å². The Kier molecular flexibility index (Phi) is 3.32. The van der Waals surface area contributed by atoms with Gasteiger partial charge in [-0.25, -0.2) is 4.68 Å². The summed E-state index contributed by atoms with van der Waals surface area (Å²) in [7, 11) is 0. The first-order valence-corrected chi connectivity index (χ1v) is 7.10. The van der Waals surface area contributed by atoms with Crippen LogP contribution in [0.5, 0.6) is 0 Å².